The molecule has 16 heteroatoms. The van der Waals surface area contributed by atoms with Crippen LogP contribution < -0.4 is 5.32 Å². The Morgan fingerprint density at radius 3 is 1.89 bits per heavy atom. The number of hydrogen-bond donors (Lipinski definition) is 1. The second kappa shape index (κ2) is 21.1. The topological polar surface area (TPSA) is 185 Å². The van der Waals surface area contributed by atoms with Gasteiger partial charge in [-0.25, -0.2) is 4.79 Å². The first-order valence-corrected chi connectivity index (χ1v) is 21.0. The van der Waals surface area contributed by atoms with Gasteiger partial charge in [0.2, 0.25) is 12.2 Å². The molecule has 0 aromatic heterocycles. The van der Waals surface area contributed by atoms with Crippen molar-refractivity contribution in [1.29, 1.82) is 0 Å². The average Bonchev–Trinajstić information content (AvgIpc) is 3.25. The van der Waals surface area contributed by atoms with E-state index in [-0.39, 0.29) is 32.1 Å². The first kappa shape index (κ1) is 47.4. The van der Waals surface area contributed by atoms with Crippen molar-refractivity contribution in [2.24, 2.45) is 16.0 Å². The highest BCUT2D eigenvalue weighted by Gasteiger charge is 2.56. The summed E-state index contributed by atoms with van der Waals surface area (Å²) in [6.45, 7) is 12.4. The Balaban J connectivity index is 1.44. The number of nitrogens with zero attached hydrogens (tertiary/aromatic N) is 1. The Morgan fingerprint density at radius 1 is 0.730 bits per heavy atom. The van der Waals surface area contributed by atoms with E-state index in [9.17, 15) is 19.2 Å². The van der Waals surface area contributed by atoms with Crippen LogP contribution in [0.4, 0.5) is 0 Å². The van der Waals surface area contributed by atoms with Crippen molar-refractivity contribution in [3.8, 4) is 0 Å². The van der Waals surface area contributed by atoms with Gasteiger partial charge in [0.15, 0.2) is 24.4 Å². The molecule has 6 rings (SSSR count). The maximum atomic E-state index is 13.8. The van der Waals surface area contributed by atoms with Crippen LogP contribution in [0.5, 0.6) is 0 Å². The molecule has 63 heavy (non-hydrogen) atoms. The Hall–Kier alpha value is -5.07. The van der Waals surface area contributed by atoms with Crippen molar-refractivity contribution >= 4 is 29.5 Å². The number of carbonyl (C=O) groups excluding carboxylic acids is 4. The zero-order valence-corrected chi connectivity index (χ0v) is 36.9. The van der Waals surface area contributed by atoms with Crippen LogP contribution in [-0.2, 0) is 79.9 Å². The van der Waals surface area contributed by atoms with E-state index < -0.39 is 96.2 Å². The Morgan fingerprint density at radius 2 is 1.32 bits per heavy atom. The monoisotopic (exact) mass is 874 g/mol. The minimum Gasteiger partial charge on any atom is -0.463 e. The van der Waals surface area contributed by atoms with E-state index in [0.717, 1.165) is 11.1 Å². The number of rotatable bonds is 14. The van der Waals surface area contributed by atoms with Gasteiger partial charge in [-0.05, 0) is 52.7 Å². The number of ether oxygens (including phenoxy) is 9. The number of benzene rings is 3. The quantitative estimate of drug-likeness (QED) is 0.118. The van der Waals surface area contributed by atoms with E-state index in [4.69, 9.17) is 47.5 Å². The van der Waals surface area contributed by atoms with Gasteiger partial charge >= 0.3 is 17.9 Å². The third kappa shape index (κ3) is 12.8. The number of hydrogen-bond acceptors (Lipinski definition) is 15. The van der Waals surface area contributed by atoms with Crippen molar-refractivity contribution in [2.75, 3.05) is 13.2 Å². The lowest BCUT2D eigenvalue weighted by Gasteiger charge is -2.49. The van der Waals surface area contributed by atoms with E-state index >= 15 is 0 Å². The standard InChI is InChI=1S/C47H58N2O14/c1-28(50)48-35-39(55-24-30-18-12-9-13-19-30)37(33(26-54-29(2)51)58-42(35)56-25-31-20-14-10-15-21-31)61-43-36(49-63-45(53)47(6,7)8)40(62-44(52)46(3,4)5)38-34(59-43)27-57-41(60-38)32-22-16-11-17-23-32/h9-23,33-35,37-43H,24-27H2,1-8H3,(H,48,50)/t33-,34-,35-,37-,38-,39-,40-,41-,42+,43+/m1/s1. The van der Waals surface area contributed by atoms with Gasteiger partial charge in [0, 0.05) is 19.4 Å². The minimum absolute atomic E-state index is 0.0430. The number of amides is 1. The predicted molar refractivity (Wildman–Crippen MR) is 225 cm³/mol. The molecule has 340 valence electrons. The molecule has 3 aromatic carbocycles. The van der Waals surface area contributed by atoms with E-state index in [1.807, 2.05) is 91.0 Å². The molecular formula is C47H58N2O14. The van der Waals surface area contributed by atoms with Gasteiger partial charge in [0.1, 0.15) is 43.2 Å². The van der Waals surface area contributed by atoms with Crippen LogP contribution in [0.25, 0.3) is 0 Å². The molecule has 3 aliphatic rings. The van der Waals surface area contributed by atoms with Crippen molar-refractivity contribution in [1.82, 2.24) is 5.32 Å². The maximum Gasteiger partial charge on any atom is 0.340 e. The SMILES string of the molecule is CC(=O)N[C@H]1[C@@H](OCc2ccccc2)O[C@H](COC(C)=O)[C@@H](O[C@@H]2O[C@@H]3CO[C@@H](c4ccccc4)O[C@H]3[C@H](OC(=O)C(C)(C)C)C2=NOC(=O)C(C)(C)C)[C@@H]1OCc1ccccc1. The molecule has 0 spiro atoms. The molecule has 3 aliphatic heterocycles. The molecule has 16 nitrogen and oxygen atoms in total. The van der Waals surface area contributed by atoms with Crippen molar-refractivity contribution in [3.63, 3.8) is 0 Å². The zero-order chi connectivity index (χ0) is 45.3. The molecule has 10 atom stereocenters. The number of nitrogens with one attached hydrogen (secondary N) is 1. The fourth-order valence-electron chi connectivity index (χ4n) is 6.89. The summed E-state index contributed by atoms with van der Waals surface area (Å²) in [6, 6.07) is 26.9. The maximum absolute atomic E-state index is 13.8. The summed E-state index contributed by atoms with van der Waals surface area (Å²) in [7, 11) is 0. The van der Waals surface area contributed by atoms with Crippen LogP contribution in [0.1, 0.15) is 78.4 Å². The van der Waals surface area contributed by atoms with Crippen LogP contribution in [0.3, 0.4) is 0 Å². The Kier molecular flexibility index (Phi) is 15.9. The van der Waals surface area contributed by atoms with Gasteiger partial charge < -0.3 is 52.8 Å². The smallest absolute Gasteiger partial charge is 0.340 e. The Bertz CT molecular complexity index is 2020. The second-order valence-electron chi connectivity index (χ2n) is 17.6. The van der Waals surface area contributed by atoms with Gasteiger partial charge in [-0.1, -0.05) is 96.2 Å². The predicted octanol–water partition coefficient (Wildman–Crippen LogP) is 5.71. The van der Waals surface area contributed by atoms with Crippen LogP contribution in [0.2, 0.25) is 0 Å². The summed E-state index contributed by atoms with van der Waals surface area (Å²) in [5.74, 6) is -2.34. The van der Waals surface area contributed by atoms with Crippen LogP contribution in [-0.4, -0.2) is 98.0 Å². The van der Waals surface area contributed by atoms with Crippen molar-refractivity contribution in [3.05, 3.63) is 108 Å². The molecule has 3 heterocycles. The summed E-state index contributed by atoms with van der Waals surface area (Å²) < 4.78 is 57.6. The van der Waals surface area contributed by atoms with E-state index in [1.54, 1.807) is 41.5 Å². The summed E-state index contributed by atoms with van der Waals surface area (Å²) >= 11 is 0. The molecule has 3 saturated heterocycles. The normalized spacial score (nSPS) is 28.0. The van der Waals surface area contributed by atoms with Crippen LogP contribution in [0.15, 0.2) is 96.2 Å². The Labute approximate surface area is 367 Å². The lowest BCUT2D eigenvalue weighted by molar-refractivity contribution is -0.337. The van der Waals surface area contributed by atoms with Gasteiger partial charge in [0.05, 0.1) is 30.7 Å². The number of fused-ring (bicyclic) bond motifs is 1. The molecule has 3 fully saturated rings. The van der Waals surface area contributed by atoms with Crippen LogP contribution in [0, 0.1) is 10.8 Å². The summed E-state index contributed by atoms with van der Waals surface area (Å²) in [5.41, 5.74) is 0.183. The van der Waals surface area contributed by atoms with Crippen molar-refractivity contribution in [2.45, 2.75) is 130 Å². The molecule has 1 N–H and O–H groups in total. The summed E-state index contributed by atoms with van der Waals surface area (Å²) in [6.07, 6.45) is -10.4. The fourth-order valence-corrected chi connectivity index (χ4v) is 6.89. The summed E-state index contributed by atoms with van der Waals surface area (Å²) in [4.78, 5) is 58.0. The molecule has 3 aromatic rings. The molecule has 0 aliphatic carbocycles. The van der Waals surface area contributed by atoms with Crippen molar-refractivity contribution < 1.29 is 66.6 Å². The first-order chi connectivity index (χ1) is 30.0. The first-order valence-electron chi connectivity index (χ1n) is 21.0. The molecule has 0 bridgehead atoms. The lowest BCUT2D eigenvalue weighted by Crippen LogP contribution is -2.68. The highest BCUT2D eigenvalue weighted by Crippen LogP contribution is 2.38. The molecule has 1 amide bonds. The third-order valence-corrected chi connectivity index (χ3v) is 10.2. The zero-order valence-electron chi connectivity index (χ0n) is 36.9. The lowest BCUT2D eigenvalue weighted by atomic mass is 9.94. The van der Waals surface area contributed by atoms with Crippen LogP contribution >= 0.6 is 0 Å². The molecule has 0 saturated carbocycles. The number of esters is 2. The second-order valence-corrected chi connectivity index (χ2v) is 17.6. The fraction of sp³-hybridized carbons (Fsp3) is 0.511. The van der Waals surface area contributed by atoms with Gasteiger partial charge in [0.25, 0.3) is 0 Å². The molecule has 0 radical (unpaired) electrons. The molecular weight excluding hydrogens is 817 g/mol. The van der Waals surface area contributed by atoms with E-state index in [0.29, 0.717) is 5.56 Å². The highest BCUT2D eigenvalue weighted by molar-refractivity contribution is 5.95. The largest absolute Gasteiger partial charge is 0.463 e. The van der Waals surface area contributed by atoms with Gasteiger partial charge in [-0.3, -0.25) is 14.4 Å². The van der Waals surface area contributed by atoms with E-state index in [2.05, 4.69) is 10.5 Å². The number of oxime groups is 1. The minimum atomic E-state index is -1.56. The van der Waals surface area contributed by atoms with Gasteiger partial charge in [-0.15, -0.1) is 0 Å². The molecule has 0 unspecified atom stereocenters. The third-order valence-electron chi connectivity index (χ3n) is 10.2. The summed E-state index contributed by atoms with van der Waals surface area (Å²) in [5, 5.41) is 7.26. The average molecular weight is 875 g/mol. The van der Waals surface area contributed by atoms with E-state index in [1.165, 1.54) is 13.8 Å². The van der Waals surface area contributed by atoms with Gasteiger partial charge in [-0.2, -0.15) is 0 Å². The number of carbonyl (C=O) groups is 4. The highest BCUT2D eigenvalue weighted by atomic mass is 16.8.